The minimum atomic E-state index is -4.76. The highest BCUT2D eigenvalue weighted by Gasteiger charge is 2.36. The third-order valence-electron chi connectivity index (χ3n) is 9.63. The lowest BCUT2D eigenvalue weighted by atomic mass is 9.91. The predicted molar refractivity (Wildman–Crippen MR) is 194 cm³/mol. The maximum Gasteiger partial charge on any atom is 0.417 e. The molecule has 6 aromatic carbocycles. The van der Waals surface area contributed by atoms with Crippen molar-refractivity contribution in [1.29, 1.82) is 10.5 Å². The fourth-order valence-corrected chi connectivity index (χ4v) is 7.43. The van der Waals surface area contributed by atoms with Gasteiger partial charge in [-0.15, -0.1) is 0 Å². The molecule has 0 spiro atoms. The summed E-state index contributed by atoms with van der Waals surface area (Å²) in [4.78, 5) is 0. The first-order valence-electron chi connectivity index (χ1n) is 16.2. The second kappa shape index (κ2) is 11.1. The van der Waals surface area contributed by atoms with Gasteiger partial charge in [0.25, 0.3) is 0 Å². The largest absolute Gasteiger partial charge is 0.417 e. The zero-order chi connectivity index (χ0) is 35.1. The van der Waals surface area contributed by atoms with Gasteiger partial charge in [-0.05, 0) is 100 Å². The number of hydrogen-bond acceptors (Lipinski definition) is 2. The normalized spacial score (nSPS) is 11.9. The highest BCUT2D eigenvalue weighted by atomic mass is 19.4. The molecule has 0 atom stereocenters. The average Bonchev–Trinajstić information content (AvgIpc) is 3.57. The van der Waals surface area contributed by atoms with Crippen molar-refractivity contribution in [2.45, 2.75) is 33.9 Å². The van der Waals surface area contributed by atoms with E-state index in [1.807, 2.05) is 91.4 Å². The molecule has 0 fully saturated rings. The van der Waals surface area contributed by atoms with Gasteiger partial charge in [0, 0.05) is 32.7 Å². The van der Waals surface area contributed by atoms with E-state index in [-0.39, 0.29) is 22.3 Å². The van der Waals surface area contributed by atoms with E-state index < -0.39 is 11.7 Å². The lowest BCUT2D eigenvalue weighted by Crippen LogP contribution is -2.11. The van der Waals surface area contributed by atoms with E-state index in [2.05, 4.69) is 30.3 Å². The molecule has 2 aromatic heterocycles. The molecular weight excluding hydrogens is 629 g/mol. The highest BCUT2D eigenvalue weighted by Crippen LogP contribution is 2.45. The Morgan fingerprint density at radius 2 is 0.920 bits per heavy atom. The number of nitrogens with zero attached hydrogens (tertiary/aromatic N) is 4. The molecule has 0 aliphatic heterocycles. The zero-order valence-corrected chi connectivity index (χ0v) is 27.7. The molecule has 0 saturated carbocycles. The number of nitriles is 2. The second-order valence-corrected chi connectivity index (χ2v) is 13.1. The van der Waals surface area contributed by atoms with E-state index in [1.165, 1.54) is 12.1 Å². The van der Waals surface area contributed by atoms with Gasteiger partial charge in [-0.1, -0.05) is 52.6 Å². The molecule has 50 heavy (non-hydrogen) atoms. The van der Waals surface area contributed by atoms with Crippen LogP contribution in [0.5, 0.6) is 0 Å². The summed E-state index contributed by atoms with van der Waals surface area (Å²) in [7, 11) is 0. The van der Waals surface area contributed by atoms with Gasteiger partial charge in [-0.2, -0.15) is 23.7 Å². The minimum absolute atomic E-state index is 0.113. The number of benzene rings is 6. The summed E-state index contributed by atoms with van der Waals surface area (Å²) in [5, 5.41) is 24.9. The lowest BCUT2D eigenvalue weighted by Gasteiger charge is -2.22. The van der Waals surface area contributed by atoms with Gasteiger partial charge >= 0.3 is 6.18 Å². The minimum Gasteiger partial charge on any atom is -0.309 e. The van der Waals surface area contributed by atoms with Crippen LogP contribution in [0.25, 0.3) is 66.1 Å². The topological polar surface area (TPSA) is 57.4 Å². The molecule has 0 bridgehead atoms. The van der Waals surface area contributed by atoms with Crippen LogP contribution >= 0.6 is 0 Å². The van der Waals surface area contributed by atoms with Crippen LogP contribution < -0.4 is 0 Å². The van der Waals surface area contributed by atoms with Crippen molar-refractivity contribution in [1.82, 2.24) is 9.13 Å². The molecule has 242 valence electrons. The number of rotatable bonds is 3. The van der Waals surface area contributed by atoms with Crippen molar-refractivity contribution in [2.24, 2.45) is 0 Å². The van der Waals surface area contributed by atoms with Crippen molar-refractivity contribution in [3.63, 3.8) is 0 Å². The number of halogens is 3. The van der Waals surface area contributed by atoms with E-state index in [1.54, 1.807) is 12.1 Å². The maximum atomic E-state index is 15.0. The number of hydrogen-bond donors (Lipinski definition) is 0. The van der Waals surface area contributed by atoms with Crippen molar-refractivity contribution < 1.29 is 13.2 Å². The summed E-state index contributed by atoms with van der Waals surface area (Å²) in [6.07, 6.45) is -4.76. The maximum absolute atomic E-state index is 15.0. The molecule has 4 nitrogen and oxygen atoms in total. The predicted octanol–water partition coefficient (Wildman–Crippen LogP) is 11.5. The molecule has 0 aliphatic rings. The fourth-order valence-electron chi connectivity index (χ4n) is 7.43. The Morgan fingerprint density at radius 1 is 0.500 bits per heavy atom. The Balaban J connectivity index is 1.60. The van der Waals surface area contributed by atoms with Crippen molar-refractivity contribution in [3.8, 4) is 34.6 Å². The quantitative estimate of drug-likeness (QED) is 0.190. The molecule has 0 unspecified atom stereocenters. The molecule has 2 heterocycles. The molecule has 8 aromatic rings. The first-order valence-corrected chi connectivity index (χ1v) is 16.2. The van der Waals surface area contributed by atoms with Crippen LogP contribution in [0.3, 0.4) is 0 Å². The summed E-state index contributed by atoms with van der Waals surface area (Å²) in [6.45, 7) is 8.02. The number of fused-ring (bicyclic) bond motifs is 6. The Labute approximate surface area is 286 Å². The van der Waals surface area contributed by atoms with Crippen LogP contribution in [-0.4, -0.2) is 9.13 Å². The van der Waals surface area contributed by atoms with Crippen molar-refractivity contribution in [3.05, 3.63) is 142 Å². The Bertz CT molecular complexity index is 2700. The van der Waals surface area contributed by atoms with E-state index in [4.69, 9.17) is 0 Å². The molecule has 0 amide bonds. The van der Waals surface area contributed by atoms with E-state index in [9.17, 15) is 23.7 Å². The summed E-state index contributed by atoms with van der Waals surface area (Å²) in [5.74, 6) is 0. The van der Waals surface area contributed by atoms with E-state index in [0.29, 0.717) is 11.4 Å². The van der Waals surface area contributed by atoms with Gasteiger partial charge in [-0.25, -0.2) is 0 Å². The standard InChI is InChI=1S/C43H29F3N4/c1-24-8-12-36-30(16-24)31-17-25(2)9-13-37(31)49(36)40-21-34(42-28(22-47)6-5-7-35(42)43(44,45)46)41(20-29(40)23-48)50-38-14-10-26(3)18-32(38)33-19-27(4)11-15-39(33)50/h5-21H,1-4H3. The Hall–Kier alpha value is -6.31. The highest BCUT2D eigenvalue weighted by molar-refractivity contribution is 6.12. The summed E-state index contributed by atoms with van der Waals surface area (Å²) >= 11 is 0. The van der Waals surface area contributed by atoms with Crippen LogP contribution in [0, 0.1) is 50.4 Å². The molecule has 0 aliphatic carbocycles. The van der Waals surface area contributed by atoms with Gasteiger partial charge in [0.2, 0.25) is 0 Å². The molecule has 0 radical (unpaired) electrons. The van der Waals surface area contributed by atoms with Crippen LogP contribution in [0.4, 0.5) is 13.2 Å². The van der Waals surface area contributed by atoms with Gasteiger partial charge in [-0.3, -0.25) is 0 Å². The first kappa shape index (κ1) is 31.0. The third-order valence-corrected chi connectivity index (χ3v) is 9.63. The molecule has 8 rings (SSSR count). The lowest BCUT2D eigenvalue weighted by molar-refractivity contribution is -0.137. The molecule has 7 heteroatoms. The first-order chi connectivity index (χ1) is 24.0. The fraction of sp³-hybridized carbons (Fsp3) is 0.116. The number of aryl methyl sites for hydroxylation is 4. The van der Waals surface area contributed by atoms with E-state index in [0.717, 1.165) is 71.9 Å². The number of alkyl halides is 3. The third kappa shape index (κ3) is 4.66. The average molecular weight is 659 g/mol. The summed E-state index contributed by atoms with van der Waals surface area (Å²) in [6, 6.07) is 35.6. The van der Waals surface area contributed by atoms with Crippen molar-refractivity contribution in [2.75, 3.05) is 0 Å². The van der Waals surface area contributed by atoms with Crippen molar-refractivity contribution >= 4 is 43.6 Å². The SMILES string of the molecule is Cc1ccc2c(c1)c1cc(C)ccc1n2-c1cc(-c2c(C#N)cccc2C(F)(F)F)c(-n2c3ccc(C)cc3c3cc(C)ccc32)cc1C#N. The van der Waals surface area contributed by atoms with Gasteiger partial charge in [0.1, 0.15) is 6.07 Å². The van der Waals surface area contributed by atoms with E-state index >= 15 is 0 Å². The van der Waals surface area contributed by atoms with Gasteiger partial charge in [0.05, 0.1) is 56.2 Å². The monoisotopic (exact) mass is 658 g/mol. The van der Waals surface area contributed by atoms with Gasteiger partial charge < -0.3 is 9.13 Å². The Morgan fingerprint density at radius 3 is 1.32 bits per heavy atom. The number of aromatic nitrogens is 2. The summed E-state index contributed by atoms with van der Waals surface area (Å²) < 4.78 is 48.8. The van der Waals surface area contributed by atoms with Gasteiger partial charge in [0.15, 0.2) is 0 Å². The smallest absolute Gasteiger partial charge is 0.309 e. The Kier molecular flexibility index (Phi) is 6.89. The van der Waals surface area contributed by atoms with Crippen LogP contribution in [0.2, 0.25) is 0 Å². The molecule has 0 saturated heterocycles. The zero-order valence-electron chi connectivity index (χ0n) is 27.7. The van der Waals surface area contributed by atoms with Crippen LogP contribution in [0.1, 0.15) is 38.9 Å². The molecular formula is C43H29F3N4. The second-order valence-electron chi connectivity index (χ2n) is 13.1. The summed E-state index contributed by atoms with van der Waals surface area (Å²) in [5.41, 5.74) is 7.39. The van der Waals surface area contributed by atoms with Crippen LogP contribution in [-0.2, 0) is 6.18 Å². The molecule has 0 N–H and O–H groups in total. The van der Waals surface area contributed by atoms with Crippen LogP contribution in [0.15, 0.2) is 103 Å².